The molecule has 0 saturated carbocycles. The largest absolute Gasteiger partial charge is 0.409 e. The molecule has 0 spiro atoms. The zero-order chi connectivity index (χ0) is 14.6. The van der Waals surface area contributed by atoms with Crippen molar-refractivity contribution >= 4 is 8.32 Å². The fourth-order valence-corrected chi connectivity index (χ4v) is 9.07. The minimum absolute atomic E-state index is 0.195. The number of hydrogen-bond acceptors (Lipinski definition) is 1. The number of rotatable bonds is 6. The highest BCUT2D eigenvalue weighted by molar-refractivity contribution is 6.77. The molecule has 0 heterocycles. The lowest BCUT2D eigenvalue weighted by Crippen LogP contribution is -2.48. The molecule has 0 bridgehead atoms. The van der Waals surface area contributed by atoms with E-state index in [1.807, 2.05) is 0 Å². The molecule has 1 atom stereocenters. The smallest absolute Gasteiger partial charge is 0.201 e. The highest BCUT2D eigenvalue weighted by Crippen LogP contribution is 2.44. The molecule has 0 aliphatic heterocycles. The Morgan fingerprint density at radius 1 is 0.737 bits per heavy atom. The van der Waals surface area contributed by atoms with Gasteiger partial charge < -0.3 is 4.43 Å². The van der Waals surface area contributed by atoms with E-state index in [4.69, 9.17) is 4.43 Å². The van der Waals surface area contributed by atoms with E-state index in [0.29, 0.717) is 16.6 Å². The molecule has 0 fully saturated rings. The van der Waals surface area contributed by atoms with Crippen LogP contribution in [0.4, 0.5) is 0 Å². The number of benzene rings is 1. The molecule has 0 aliphatic carbocycles. The molecule has 108 valence electrons. The third kappa shape index (κ3) is 3.49. The van der Waals surface area contributed by atoms with Crippen molar-refractivity contribution in [2.45, 2.75) is 71.2 Å². The molecule has 19 heavy (non-hydrogen) atoms. The minimum atomic E-state index is -1.77. The molecule has 1 aromatic carbocycles. The summed E-state index contributed by atoms with van der Waals surface area (Å²) >= 11 is 0. The van der Waals surface area contributed by atoms with Crippen LogP contribution in [0.1, 0.15) is 60.1 Å². The summed E-state index contributed by atoms with van der Waals surface area (Å²) in [5, 5.41) is 0. The summed E-state index contributed by atoms with van der Waals surface area (Å²) in [6, 6.07) is 10.6. The maximum absolute atomic E-state index is 6.75. The van der Waals surface area contributed by atoms with Gasteiger partial charge in [0.2, 0.25) is 8.32 Å². The standard InChI is InChI=1S/C17H30OSi/c1-13(2)19(14(3)4,15(5)6)18-16(7)17-11-9-8-10-12-17/h8-16H,1-7H3. The van der Waals surface area contributed by atoms with Gasteiger partial charge in [0.05, 0.1) is 6.10 Å². The van der Waals surface area contributed by atoms with Crippen LogP contribution in [-0.4, -0.2) is 8.32 Å². The lowest BCUT2D eigenvalue weighted by molar-refractivity contribution is 0.194. The summed E-state index contributed by atoms with van der Waals surface area (Å²) in [5.41, 5.74) is 3.21. The van der Waals surface area contributed by atoms with Gasteiger partial charge in [-0.15, -0.1) is 0 Å². The predicted molar refractivity (Wildman–Crippen MR) is 87.0 cm³/mol. The SMILES string of the molecule is CC(O[Si](C(C)C)(C(C)C)C(C)C)c1ccccc1. The van der Waals surface area contributed by atoms with Gasteiger partial charge in [-0.1, -0.05) is 71.9 Å². The molecule has 1 unspecified atom stereocenters. The maximum Gasteiger partial charge on any atom is 0.201 e. The average molecular weight is 279 g/mol. The van der Waals surface area contributed by atoms with Crippen molar-refractivity contribution in [3.8, 4) is 0 Å². The second kappa shape index (κ2) is 6.71. The van der Waals surface area contributed by atoms with Crippen molar-refractivity contribution in [1.29, 1.82) is 0 Å². The molecule has 1 rings (SSSR count). The first-order valence-electron chi connectivity index (χ1n) is 7.55. The monoisotopic (exact) mass is 278 g/mol. The van der Waals surface area contributed by atoms with Gasteiger partial charge in [-0.05, 0) is 29.1 Å². The van der Waals surface area contributed by atoms with Crippen molar-refractivity contribution in [3.63, 3.8) is 0 Å². The van der Waals surface area contributed by atoms with E-state index in [1.54, 1.807) is 0 Å². The Labute approximate surface area is 120 Å². The Morgan fingerprint density at radius 3 is 1.53 bits per heavy atom. The van der Waals surface area contributed by atoms with Crippen LogP contribution >= 0.6 is 0 Å². The van der Waals surface area contributed by atoms with Crippen LogP contribution in [0.5, 0.6) is 0 Å². The van der Waals surface area contributed by atoms with Crippen molar-refractivity contribution in [1.82, 2.24) is 0 Å². The third-order valence-electron chi connectivity index (χ3n) is 4.36. The predicted octanol–water partition coefficient (Wildman–Crippen LogP) is 5.94. The van der Waals surface area contributed by atoms with Crippen molar-refractivity contribution in [2.24, 2.45) is 0 Å². The van der Waals surface area contributed by atoms with Crippen LogP contribution in [0.15, 0.2) is 30.3 Å². The van der Waals surface area contributed by atoms with Crippen LogP contribution in [0.25, 0.3) is 0 Å². The van der Waals surface area contributed by atoms with Crippen LogP contribution in [0, 0.1) is 0 Å². The third-order valence-corrected chi connectivity index (χ3v) is 10.5. The van der Waals surface area contributed by atoms with Crippen molar-refractivity contribution in [2.75, 3.05) is 0 Å². The first-order chi connectivity index (χ1) is 8.82. The highest BCUT2D eigenvalue weighted by Gasteiger charge is 2.46. The summed E-state index contributed by atoms with van der Waals surface area (Å²) in [4.78, 5) is 0. The van der Waals surface area contributed by atoms with Crippen LogP contribution in [0.3, 0.4) is 0 Å². The van der Waals surface area contributed by atoms with Gasteiger partial charge in [0.15, 0.2) is 0 Å². The minimum Gasteiger partial charge on any atom is -0.409 e. The van der Waals surface area contributed by atoms with Crippen LogP contribution in [-0.2, 0) is 4.43 Å². The lowest BCUT2D eigenvalue weighted by atomic mass is 10.1. The van der Waals surface area contributed by atoms with Gasteiger partial charge in [0.25, 0.3) is 0 Å². The summed E-state index contributed by atoms with van der Waals surface area (Å²) in [5.74, 6) is 0. The van der Waals surface area contributed by atoms with Gasteiger partial charge in [-0.3, -0.25) is 0 Å². The molecular weight excluding hydrogens is 248 g/mol. The molecular formula is C17H30OSi. The van der Waals surface area contributed by atoms with Gasteiger partial charge in [0, 0.05) is 0 Å². The molecule has 1 aromatic rings. The Hall–Kier alpha value is -0.603. The molecule has 0 aliphatic rings. The van der Waals surface area contributed by atoms with Crippen molar-refractivity contribution in [3.05, 3.63) is 35.9 Å². The van der Waals surface area contributed by atoms with Crippen LogP contribution < -0.4 is 0 Å². The molecule has 2 heteroatoms. The lowest BCUT2D eigenvalue weighted by Gasteiger charge is -2.44. The van der Waals surface area contributed by atoms with Gasteiger partial charge in [-0.25, -0.2) is 0 Å². The fraction of sp³-hybridized carbons (Fsp3) is 0.647. The summed E-state index contributed by atoms with van der Waals surface area (Å²) in [7, 11) is -1.77. The Kier molecular flexibility index (Phi) is 5.81. The van der Waals surface area contributed by atoms with E-state index >= 15 is 0 Å². The summed E-state index contributed by atoms with van der Waals surface area (Å²) in [6.07, 6.45) is 0.195. The molecule has 0 aromatic heterocycles. The van der Waals surface area contributed by atoms with E-state index in [1.165, 1.54) is 5.56 Å². The molecule has 0 amide bonds. The zero-order valence-electron chi connectivity index (χ0n) is 13.6. The van der Waals surface area contributed by atoms with E-state index < -0.39 is 8.32 Å². The van der Waals surface area contributed by atoms with E-state index in [0.717, 1.165) is 0 Å². The zero-order valence-corrected chi connectivity index (χ0v) is 14.6. The first-order valence-corrected chi connectivity index (χ1v) is 9.69. The molecule has 0 radical (unpaired) electrons. The fourth-order valence-electron chi connectivity index (χ4n) is 3.51. The topological polar surface area (TPSA) is 9.23 Å². The molecule has 1 nitrogen and oxygen atoms in total. The highest BCUT2D eigenvalue weighted by atomic mass is 28.4. The van der Waals surface area contributed by atoms with Crippen molar-refractivity contribution < 1.29 is 4.43 Å². The van der Waals surface area contributed by atoms with E-state index in [-0.39, 0.29) is 6.10 Å². The normalized spacial score (nSPS) is 14.4. The molecule has 0 N–H and O–H groups in total. The maximum atomic E-state index is 6.75. The van der Waals surface area contributed by atoms with E-state index in [2.05, 4.69) is 78.8 Å². The number of hydrogen-bond donors (Lipinski definition) is 0. The Morgan fingerprint density at radius 2 is 1.16 bits per heavy atom. The summed E-state index contributed by atoms with van der Waals surface area (Å²) < 4.78 is 6.75. The second-order valence-electron chi connectivity index (χ2n) is 6.49. The van der Waals surface area contributed by atoms with Crippen LogP contribution in [0.2, 0.25) is 16.6 Å². The Balaban J connectivity index is 3.02. The average Bonchev–Trinajstić information content (AvgIpc) is 2.35. The second-order valence-corrected chi connectivity index (χ2v) is 11.9. The van der Waals surface area contributed by atoms with Gasteiger partial charge >= 0.3 is 0 Å². The summed E-state index contributed by atoms with van der Waals surface area (Å²) in [6.45, 7) is 16.2. The quantitative estimate of drug-likeness (QED) is 0.585. The molecule has 0 saturated heterocycles. The van der Waals surface area contributed by atoms with Gasteiger partial charge in [-0.2, -0.15) is 0 Å². The van der Waals surface area contributed by atoms with E-state index in [9.17, 15) is 0 Å². The first kappa shape index (κ1) is 16.5. The van der Waals surface area contributed by atoms with Gasteiger partial charge in [0.1, 0.15) is 0 Å². The Bertz CT molecular complexity index is 348.